The maximum absolute atomic E-state index is 7.14. The number of ether oxygens (including phenoxy) is 2. The first kappa shape index (κ1) is 32.5. The minimum atomic E-state index is -0.474. The number of allylic oxidation sites excluding steroid dienone is 3. The lowest BCUT2D eigenvalue weighted by Gasteiger charge is -2.33. The number of nitrogens with zero attached hydrogens (tertiary/aromatic N) is 1. The van der Waals surface area contributed by atoms with Crippen LogP contribution in [0.5, 0.6) is 23.0 Å². The maximum atomic E-state index is 7.14. The fraction of sp³-hybridized carbons (Fsp3) is 0.0545. The predicted molar refractivity (Wildman–Crippen MR) is 237 cm³/mol. The van der Waals surface area contributed by atoms with Gasteiger partial charge in [-0.1, -0.05) is 127 Å². The van der Waals surface area contributed by atoms with Gasteiger partial charge in [-0.15, -0.1) is 0 Å². The second-order valence-electron chi connectivity index (χ2n) is 15.8. The maximum Gasteiger partial charge on any atom is 0.194 e. The van der Waals surface area contributed by atoms with Crippen molar-refractivity contribution < 1.29 is 13.9 Å². The summed E-state index contributed by atoms with van der Waals surface area (Å²) in [5, 5.41) is 2.26. The highest BCUT2D eigenvalue weighted by Crippen LogP contribution is 2.65. The number of hydrogen-bond acceptors (Lipinski definition) is 4. The molecule has 8 aromatic carbocycles. The van der Waals surface area contributed by atoms with Gasteiger partial charge in [0.05, 0.1) is 11.1 Å². The van der Waals surface area contributed by atoms with Crippen molar-refractivity contribution in [1.82, 2.24) is 0 Å². The highest BCUT2D eigenvalue weighted by molar-refractivity contribution is 6.06. The van der Waals surface area contributed by atoms with Crippen LogP contribution in [0, 0.1) is 0 Å². The molecule has 278 valence electrons. The third-order valence-electron chi connectivity index (χ3n) is 12.8. The van der Waals surface area contributed by atoms with E-state index in [2.05, 4.69) is 175 Å². The molecule has 0 unspecified atom stereocenters. The van der Waals surface area contributed by atoms with Crippen LogP contribution in [-0.4, -0.2) is 0 Å². The van der Waals surface area contributed by atoms with E-state index in [4.69, 9.17) is 13.9 Å². The molecule has 0 radical (unpaired) electrons. The van der Waals surface area contributed by atoms with Gasteiger partial charge in [0, 0.05) is 22.2 Å². The summed E-state index contributed by atoms with van der Waals surface area (Å²) >= 11 is 0. The van der Waals surface area contributed by atoms with E-state index in [1.165, 1.54) is 44.5 Å². The van der Waals surface area contributed by atoms with Crippen LogP contribution in [0.3, 0.4) is 0 Å². The zero-order valence-electron chi connectivity index (χ0n) is 32.0. The van der Waals surface area contributed by atoms with E-state index in [0.29, 0.717) is 23.0 Å². The van der Waals surface area contributed by atoms with Gasteiger partial charge in [0.25, 0.3) is 0 Å². The molecule has 0 saturated heterocycles. The number of anilines is 2. The molecule has 9 aromatic rings. The highest BCUT2D eigenvalue weighted by atomic mass is 16.6. The topological polar surface area (TPSA) is 34.8 Å². The molecule has 2 heterocycles. The molecule has 4 nitrogen and oxygen atoms in total. The van der Waals surface area contributed by atoms with Gasteiger partial charge in [0.15, 0.2) is 23.0 Å². The number of hydrogen-bond donors (Lipinski definition) is 0. The summed E-state index contributed by atoms with van der Waals surface area (Å²) in [4.78, 5) is 2.29. The lowest BCUT2D eigenvalue weighted by Crippen LogP contribution is -2.26. The molecule has 0 atom stereocenters. The zero-order valence-corrected chi connectivity index (χ0v) is 32.0. The van der Waals surface area contributed by atoms with Crippen molar-refractivity contribution in [2.24, 2.45) is 0 Å². The Hall–Kier alpha value is -7.56. The van der Waals surface area contributed by atoms with Crippen molar-refractivity contribution in [2.75, 3.05) is 4.90 Å². The zero-order chi connectivity index (χ0) is 38.7. The third kappa shape index (κ3) is 4.54. The Labute approximate surface area is 341 Å². The second-order valence-corrected chi connectivity index (χ2v) is 15.8. The summed E-state index contributed by atoms with van der Waals surface area (Å²) in [6.45, 7) is 0. The van der Waals surface area contributed by atoms with Crippen LogP contribution in [0.2, 0.25) is 0 Å². The van der Waals surface area contributed by atoms with E-state index in [9.17, 15) is 0 Å². The first-order valence-corrected chi connectivity index (χ1v) is 20.4. The number of benzene rings is 8. The van der Waals surface area contributed by atoms with Gasteiger partial charge in [-0.3, -0.25) is 0 Å². The molecule has 59 heavy (non-hydrogen) atoms. The van der Waals surface area contributed by atoms with E-state index in [1.807, 2.05) is 18.2 Å². The molecule has 1 aliphatic heterocycles. The monoisotopic (exact) mass is 757 g/mol. The van der Waals surface area contributed by atoms with Crippen LogP contribution in [0.1, 0.15) is 35.1 Å². The van der Waals surface area contributed by atoms with Crippen molar-refractivity contribution in [3.05, 3.63) is 216 Å². The Bertz CT molecular complexity index is 3250. The van der Waals surface area contributed by atoms with Crippen LogP contribution < -0.4 is 14.4 Å². The van der Waals surface area contributed by atoms with Crippen LogP contribution in [0.25, 0.3) is 55.3 Å². The molecule has 0 saturated carbocycles. The van der Waals surface area contributed by atoms with Gasteiger partial charge in [-0.25, -0.2) is 0 Å². The summed E-state index contributed by atoms with van der Waals surface area (Å²) in [5.74, 6) is 2.81. The Kier molecular flexibility index (Phi) is 6.74. The molecular weight excluding hydrogens is 723 g/mol. The molecule has 0 bridgehead atoms. The lowest BCUT2D eigenvalue weighted by atomic mass is 9.70. The van der Waals surface area contributed by atoms with E-state index in [0.717, 1.165) is 63.0 Å². The van der Waals surface area contributed by atoms with Gasteiger partial charge in [0.2, 0.25) is 0 Å². The van der Waals surface area contributed by atoms with Gasteiger partial charge in [0.1, 0.15) is 11.2 Å². The molecule has 3 aliphatic carbocycles. The Morgan fingerprint density at radius 2 is 1.12 bits per heavy atom. The number of para-hydroxylation sites is 2. The quantitative estimate of drug-likeness (QED) is 0.179. The van der Waals surface area contributed by atoms with E-state index in [-0.39, 0.29) is 0 Å². The number of furan rings is 1. The Balaban J connectivity index is 0.929. The largest absolute Gasteiger partial charge is 0.456 e. The standard InChI is InChI=1S/C55H35NO3/c1-2-13-36(14-3-1)56(37-28-25-34(26-29-37)35-27-30-42-41-18-7-11-23-49(41)57-51(42)31-35)48-22-12-24-50-54(48)59-53-33-47-43(32-52(53)58-50)40-17-6-10-21-46(40)55(47)44-19-8-4-15-38(44)39-16-5-9-20-45(39)55/h2,4-33H,1,3H2. The summed E-state index contributed by atoms with van der Waals surface area (Å²) < 4.78 is 20.2. The average molecular weight is 758 g/mol. The minimum Gasteiger partial charge on any atom is -0.456 e. The molecule has 13 rings (SSSR count). The predicted octanol–water partition coefficient (Wildman–Crippen LogP) is 14.9. The SMILES string of the molecule is C1=CC(N(c2ccc(-c3ccc4c(c3)oc3ccccc34)cc2)c2cccc3c2Oc2cc4c(cc2O3)-c2ccccc2C42c3ccccc3-c3ccccc32)=CCC1. The van der Waals surface area contributed by atoms with Crippen LogP contribution in [0.4, 0.5) is 11.4 Å². The Morgan fingerprint density at radius 3 is 1.86 bits per heavy atom. The van der Waals surface area contributed by atoms with Crippen molar-refractivity contribution in [3.8, 4) is 56.4 Å². The number of fused-ring (bicyclic) bond motifs is 15. The molecule has 1 aromatic heterocycles. The third-order valence-corrected chi connectivity index (χ3v) is 12.8. The molecule has 0 fully saturated rings. The van der Waals surface area contributed by atoms with Crippen LogP contribution >= 0.6 is 0 Å². The molecule has 0 N–H and O–H groups in total. The Morgan fingerprint density at radius 1 is 0.458 bits per heavy atom. The summed E-state index contributed by atoms with van der Waals surface area (Å²) in [6, 6.07) is 60.8. The van der Waals surface area contributed by atoms with Crippen molar-refractivity contribution >= 4 is 33.3 Å². The van der Waals surface area contributed by atoms with E-state index < -0.39 is 5.41 Å². The van der Waals surface area contributed by atoms with Crippen molar-refractivity contribution in [1.29, 1.82) is 0 Å². The lowest BCUT2D eigenvalue weighted by molar-refractivity contribution is 0.360. The van der Waals surface area contributed by atoms with Gasteiger partial charge in [-0.05, 0) is 129 Å². The molecule has 4 aliphatic rings. The molecular formula is C55H35NO3. The fourth-order valence-electron chi connectivity index (χ4n) is 10.3. The average Bonchev–Trinajstić information content (AvgIpc) is 3.92. The van der Waals surface area contributed by atoms with E-state index >= 15 is 0 Å². The van der Waals surface area contributed by atoms with E-state index in [1.54, 1.807) is 0 Å². The fourth-order valence-corrected chi connectivity index (χ4v) is 10.3. The molecule has 4 heteroatoms. The summed E-state index contributed by atoms with van der Waals surface area (Å²) in [6.07, 6.45) is 8.75. The minimum absolute atomic E-state index is 0.474. The molecule has 0 amide bonds. The van der Waals surface area contributed by atoms with Crippen LogP contribution in [-0.2, 0) is 5.41 Å². The first-order chi connectivity index (χ1) is 29.2. The summed E-state index contributed by atoms with van der Waals surface area (Å²) in [5.41, 5.74) is 16.6. The smallest absolute Gasteiger partial charge is 0.194 e. The van der Waals surface area contributed by atoms with Gasteiger partial charge >= 0.3 is 0 Å². The van der Waals surface area contributed by atoms with Gasteiger partial charge < -0.3 is 18.8 Å². The normalized spacial score (nSPS) is 14.7. The number of rotatable bonds is 4. The first-order valence-electron chi connectivity index (χ1n) is 20.4. The molecule has 1 spiro atoms. The summed E-state index contributed by atoms with van der Waals surface area (Å²) in [7, 11) is 0. The van der Waals surface area contributed by atoms with Gasteiger partial charge in [-0.2, -0.15) is 0 Å². The van der Waals surface area contributed by atoms with Crippen LogP contribution in [0.15, 0.2) is 198 Å². The van der Waals surface area contributed by atoms with Crippen molar-refractivity contribution in [3.63, 3.8) is 0 Å². The highest BCUT2D eigenvalue weighted by Gasteiger charge is 2.52. The second kappa shape index (κ2) is 12.2. The van der Waals surface area contributed by atoms with Crippen molar-refractivity contribution in [2.45, 2.75) is 18.3 Å².